The summed E-state index contributed by atoms with van der Waals surface area (Å²) in [7, 11) is 0. The lowest BCUT2D eigenvalue weighted by molar-refractivity contribution is 0.246. The van der Waals surface area contributed by atoms with Gasteiger partial charge in [0.05, 0.1) is 5.69 Å². The molecule has 0 aliphatic carbocycles. The highest BCUT2D eigenvalue weighted by Crippen LogP contribution is 2.16. The molecule has 110 valence electrons. The van der Waals surface area contributed by atoms with Crippen molar-refractivity contribution in [1.82, 2.24) is 19.9 Å². The van der Waals surface area contributed by atoms with E-state index in [0.717, 1.165) is 49.9 Å². The van der Waals surface area contributed by atoms with E-state index in [1.54, 1.807) is 0 Å². The molecule has 6 nitrogen and oxygen atoms in total. The molecule has 0 aromatic carbocycles. The van der Waals surface area contributed by atoms with E-state index in [1.165, 1.54) is 0 Å². The lowest BCUT2D eigenvalue weighted by Crippen LogP contribution is -2.46. The first kappa shape index (κ1) is 13.8. The molecule has 2 aromatic rings. The topological polar surface area (TPSA) is 71.2 Å². The number of pyridine rings is 1. The molecule has 2 N–H and O–H groups in total. The lowest BCUT2D eigenvalue weighted by atomic mass is 10.2. The Labute approximate surface area is 124 Å². The number of aromatic nitrogens is 3. The Balaban J connectivity index is 1.60. The van der Waals surface area contributed by atoms with E-state index in [4.69, 9.17) is 5.73 Å². The number of rotatable bonds is 3. The van der Waals surface area contributed by atoms with Crippen molar-refractivity contribution in [2.75, 3.05) is 36.8 Å². The number of hydrogen-bond acceptors (Lipinski definition) is 6. The molecule has 0 spiro atoms. The van der Waals surface area contributed by atoms with Gasteiger partial charge in [0, 0.05) is 50.7 Å². The summed E-state index contributed by atoms with van der Waals surface area (Å²) in [6, 6.07) is 8.04. The second-order valence-electron chi connectivity index (χ2n) is 5.31. The van der Waals surface area contributed by atoms with Crippen LogP contribution in [-0.2, 0) is 6.54 Å². The van der Waals surface area contributed by atoms with Crippen LogP contribution in [0.3, 0.4) is 0 Å². The fourth-order valence-corrected chi connectivity index (χ4v) is 2.59. The zero-order chi connectivity index (χ0) is 14.7. The summed E-state index contributed by atoms with van der Waals surface area (Å²) in [6.07, 6.45) is 1.85. The summed E-state index contributed by atoms with van der Waals surface area (Å²) >= 11 is 0. The number of nitrogens with zero attached hydrogens (tertiary/aromatic N) is 5. The number of piperazine rings is 1. The van der Waals surface area contributed by atoms with Crippen molar-refractivity contribution >= 4 is 11.8 Å². The molecule has 21 heavy (non-hydrogen) atoms. The molecular weight excluding hydrogens is 264 g/mol. The molecule has 0 atom stereocenters. The fourth-order valence-electron chi connectivity index (χ4n) is 2.59. The fraction of sp³-hybridized carbons (Fsp3) is 0.400. The van der Waals surface area contributed by atoms with Crippen LogP contribution in [0.5, 0.6) is 0 Å². The zero-order valence-electron chi connectivity index (χ0n) is 12.2. The van der Waals surface area contributed by atoms with E-state index in [-0.39, 0.29) is 0 Å². The van der Waals surface area contributed by atoms with Crippen LogP contribution < -0.4 is 10.6 Å². The first-order chi connectivity index (χ1) is 10.2. The molecule has 1 aliphatic rings. The molecule has 6 heteroatoms. The van der Waals surface area contributed by atoms with E-state index in [2.05, 4.69) is 30.8 Å². The SMILES string of the molecule is Cc1cc(N2CCN(Cc3ccccn3)CC2)nc(N)n1. The van der Waals surface area contributed by atoms with Crippen LogP contribution in [0.2, 0.25) is 0 Å². The molecule has 0 bridgehead atoms. The van der Waals surface area contributed by atoms with Gasteiger partial charge in [-0.15, -0.1) is 0 Å². The van der Waals surface area contributed by atoms with Gasteiger partial charge in [-0.05, 0) is 19.1 Å². The molecule has 0 amide bonds. The monoisotopic (exact) mass is 284 g/mol. The molecule has 3 rings (SSSR count). The Morgan fingerprint density at radius 1 is 1.14 bits per heavy atom. The third-order valence-electron chi connectivity index (χ3n) is 3.67. The van der Waals surface area contributed by atoms with Gasteiger partial charge in [-0.2, -0.15) is 4.98 Å². The number of hydrogen-bond donors (Lipinski definition) is 1. The van der Waals surface area contributed by atoms with E-state index in [0.29, 0.717) is 5.95 Å². The van der Waals surface area contributed by atoms with Crippen LogP contribution in [0.15, 0.2) is 30.5 Å². The minimum Gasteiger partial charge on any atom is -0.368 e. The second kappa shape index (κ2) is 6.05. The summed E-state index contributed by atoms with van der Waals surface area (Å²) in [5.74, 6) is 1.28. The van der Waals surface area contributed by atoms with E-state index in [1.807, 2.05) is 31.3 Å². The maximum atomic E-state index is 5.73. The number of aryl methyl sites for hydroxylation is 1. The first-order valence-electron chi connectivity index (χ1n) is 7.19. The summed E-state index contributed by atoms with van der Waals surface area (Å²) in [5, 5.41) is 0. The normalized spacial score (nSPS) is 16.1. The lowest BCUT2D eigenvalue weighted by Gasteiger charge is -2.35. The molecule has 1 saturated heterocycles. The third-order valence-corrected chi connectivity index (χ3v) is 3.67. The summed E-state index contributed by atoms with van der Waals surface area (Å²) < 4.78 is 0. The predicted octanol–water partition coefficient (Wildman–Crippen LogP) is 1.08. The highest BCUT2D eigenvalue weighted by Gasteiger charge is 2.19. The Bertz CT molecular complexity index is 572. The van der Waals surface area contributed by atoms with Crippen molar-refractivity contribution in [3.8, 4) is 0 Å². The molecule has 0 radical (unpaired) electrons. The number of nitrogen functional groups attached to an aromatic ring is 1. The van der Waals surface area contributed by atoms with Gasteiger partial charge in [-0.1, -0.05) is 6.07 Å². The molecule has 3 heterocycles. The van der Waals surface area contributed by atoms with Crippen LogP contribution >= 0.6 is 0 Å². The maximum absolute atomic E-state index is 5.73. The van der Waals surface area contributed by atoms with Gasteiger partial charge in [0.15, 0.2) is 0 Å². The van der Waals surface area contributed by atoms with E-state index >= 15 is 0 Å². The second-order valence-corrected chi connectivity index (χ2v) is 5.31. The van der Waals surface area contributed by atoms with Crippen LogP contribution in [0.4, 0.5) is 11.8 Å². The molecule has 0 unspecified atom stereocenters. The van der Waals surface area contributed by atoms with Gasteiger partial charge in [0.1, 0.15) is 5.82 Å². The summed E-state index contributed by atoms with van der Waals surface area (Å²) in [4.78, 5) is 17.5. The Kier molecular flexibility index (Phi) is 3.96. The molecule has 0 saturated carbocycles. The van der Waals surface area contributed by atoms with Crippen LogP contribution in [0.1, 0.15) is 11.4 Å². The quantitative estimate of drug-likeness (QED) is 0.909. The highest BCUT2D eigenvalue weighted by molar-refractivity contribution is 5.43. The summed E-state index contributed by atoms with van der Waals surface area (Å²) in [5.41, 5.74) is 7.76. The van der Waals surface area contributed by atoms with E-state index < -0.39 is 0 Å². The Hall–Kier alpha value is -2.21. The van der Waals surface area contributed by atoms with Crippen molar-refractivity contribution in [1.29, 1.82) is 0 Å². The smallest absolute Gasteiger partial charge is 0.222 e. The van der Waals surface area contributed by atoms with Crippen LogP contribution in [-0.4, -0.2) is 46.0 Å². The van der Waals surface area contributed by atoms with Crippen molar-refractivity contribution in [2.24, 2.45) is 0 Å². The number of nitrogens with two attached hydrogens (primary N) is 1. The molecular formula is C15H20N6. The standard InChI is InChI=1S/C15H20N6/c1-12-10-14(19-15(16)18-12)21-8-6-20(7-9-21)11-13-4-2-3-5-17-13/h2-5,10H,6-9,11H2,1H3,(H2,16,18,19). The van der Waals surface area contributed by atoms with Crippen LogP contribution in [0.25, 0.3) is 0 Å². The van der Waals surface area contributed by atoms with Crippen molar-refractivity contribution in [3.05, 3.63) is 41.9 Å². The van der Waals surface area contributed by atoms with Crippen molar-refractivity contribution < 1.29 is 0 Å². The van der Waals surface area contributed by atoms with Gasteiger partial charge in [-0.3, -0.25) is 9.88 Å². The van der Waals surface area contributed by atoms with Crippen molar-refractivity contribution in [3.63, 3.8) is 0 Å². The highest BCUT2D eigenvalue weighted by atomic mass is 15.3. The number of anilines is 2. The van der Waals surface area contributed by atoms with Gasteiger partial charge in [-0.25, -0.2) is 4.98 Å². The van der Waals surface area contributed by atoms with Crippen molar-refractivity contribution in [2.45, 2.75) is 13.5 Å². The minimum absolute atomic E-state index is 0.348. The average Bonchev–Trinajstić information content (AvgIpc) is 2.48. The van der Waals surface area contributed by atoms with Gasteiger partial charge >= 0.3 is 0 Å². The summed E-state index contributed by atoms with van der Waals surface area (Å²) in [6.45, 7) is 6.74. The molecule has 2 aromatic heterocycles. The Morgan fingerprint density at radius 3 is 2.62 bits per heavy atom. The zero-order valence-corrected chi connectivity index (χ0v) is 12.2. The van der Waals surface area contributed by atoms with E-state index in [9.17, 15) is 0 Å². The predicted molar refractivity (Wildman–Crippen MR) is 82.9 cm³/mol. The van der Waals surface area contributed by atoms with Crippen LogP contribution in [0, 0.1) is 6.92 Å². The average molecular weight is 284 g/mol. The largest absolute Gasteiger partial charge is 0.368 e. The van der Waals surface area contributed by atoms with Gasteiger partial charge in [0.2, 0.25) is 5.95 Å². The molecule has 1 fully saturated rings. The van der Waals surface area contributed by atoms with Gasteiger partial charge in [0.25, 0.3) is 0 Å². The first-order valence-corrected chi connectivity index (χ1v) is 7.19. The maximum Gasteiger partial charge on any atom is 0.222 e. The molecule has 1 aliphatic heterocycles. The van der Waals surface area contributed by atoms with Gasteiger partial charge < -0.3 is 10.6 Å². The Morgan fingerprint density at radius 2 is 1.95 bits per heavy atom. The minimum atomic E-state index is 0.348. The third kappa shape index (κ3) is 3.46.